The van der Waals surface area contributed by atoms with Crippen LogP contribution in [0.5, 0.6) is 0 Å². The van der Waals surface area contributed by atoms with Crippen molar-refractivity contribution in [2.24, 2.45) is 5.10 Å². The van der Waals surface area contributed by atoms with Crippen molar-refractivity contribution < 1.29 is 9.42 Å². The molecule has 0 unspecified atom stereocenters. The van der Waals surface area contributed by atoms with Crippen LogP contribution in [0, 0.1) is 6.92 Å². The highest BCUT2D eigenvalue weighted by atomic mass is 16.6. The summed E-state index contributed by atoms with van der Waals surface area (Å²) in [5.74, 6) is -0.200. The molecule has 0 atom stereocenters. The number of hydrogen-bond donors (Lipinski definition) is 2. The van der Waals surface area contributed by atoms with Gasteiger partial charge in [-0.3, -0.25) is 9.69 Å². The van der Waals surface area contributed by atoms with Gasteiger partial charge >= 0.3 is 0 Å². The number of nitrogens with two attached hydrogens (primary N) is 1. The van der Waals surface area contributed by atoms with Crippen molar-refractivity contribution in [1.29, 1.82) is 0 Å². The van der Waals surface area contributed by atoms with Gasteiger partial charge in [0.15, 0.2) is 5.69 Å². The van der Waals surface area contributed by atoms with E-state index < -0.39 is 5.91 Å². The zero-order valence-corrected chi connectivity index (χ0v) is 18.2. The van der Waals surface area contributed by atoms with Crippen LogP contribution in [0.1, 0.15) is 59.4 Å². The molecule has 0 saturated heterocycles. The SMILES string of the molecule is Cc1ccc(/C=N\NC(=O)c2nnn(-c3nonc3N)c2CN(C)C2CCCCC2)cc1. The average molecular weight is 438 g/mol. The van der Waals surface area contributed by atoms with E-state index >= 15 is 0 Å². The Bertz CT molecular complexity index is 1080. The second-order valence-electron chi connectivity index (χ2n) is 8.09. The third-order valence-electron chi connectivity index (χ3n) is 5.73. The first-order valence-electron chi connectivity index (χ1n) is 10.7. The quantitative estimate of drug-likeness (QED) is 0.423. The number of nitrogens with zero attached hydrogens (tertiary/aromatic N) is 7. The topological polar surface area (TPSA) is 140 Å². The summed E-state index contributed by atoms with van der Waals surface area (Å²) in [6.07, 6.45) is 7.48. The first kappa shape index (κ1) is 21.6. The molecule has 0 bridgehead atoms. The van der Waals surface area contributed by atoms with Crippen LogP contribution in [0.4, 0.5) is 5.82 Å². The van der Waals surface area contributed by atoms with E-state index in [9.17, 15) is 4.79 Å². The third kappa shape index (κ3) is 4.83. The molecule has 1 saturated carbocycles. The first-order chi connectivity index (χ1) is 15.5. The van der Waals surface area contributed by atoms with Crippen molar-refractivity contribution in [2.45, 2.75) is 51.6 Å². The Hall–Kier alpha value is -3.60. The molecule has 0 radical (unpaired) electrons. The van der Waals surface area contributed by atoms with Gasteiger partial charge in [-0.15, -0.1) is 5.10 Å². The van der Waals surface area contributed by atoms with Gasteiger partial charge in [0, 0.05) is 12.6 Å². The Balaban J connectivity index is 1.56. The van der Waals surface area contributed by atoms with Crippen LogP contribution in [0.25, 0.3) is 5.82 Å². The minimum absolute atomic E-state index is 0.0702. The lowest BCUT2D eigenvalue weighted by Gasteiger charge is -2.31. The summed E-state index contributed by atoms with van der Waals surface area (Å²) in [6, 6.07) is 8.22. The molecule has 3 aromatic rings. The largest absolute Gasteiger partial charge is 0.378 e. The number of aromatic nitrogens is 5. The van der Waals surface area contributed by atoms with E-state index in [2.05, 4.69) is 36.1 Å². The maximum absolute atomic E-state index is 12.9. The number of hydrogen-bond acceptors (Lipinski definition) is 9. The van der Waals surface area contributed by atoms with Crippen molar-refractivity contribution in [3.63, 3.8) is 0 Å². The van der Waals surface area contributed by atoms with Gasteiger partial charge in [-0.2, -0.15) is 9.78 Å². The fraction of sp³-hybridized carbons (Fsp3) is 0.429. The number of rotatable bonds is 7. The molecule has 0 aliphatic heterocycles. The number of anilines is 1. The number of hydrazone groups is 1. The van der Waals surface area contributed by atoms with E-state index in [1.165, 1.54) is 23.9 Å². The van der Waals surface area contributed by atoms with Gasteiger partial charge in [0.2, 0.25) is 11.6 Å². The van der Waals surface area contributed by atoms with Gasteiger partial charge in [-0.1, -0.05) is 54.3 Å². The Morgan fingerprint density at radius 3 is 2.72 bits per heavy atom. The molecule has 1 aliphatic rings. The number of aryl methyl sites for hydroxylation is 1. The Morgan fingerprint density at radius 1 is 1.28 bits per heavy atom. The normalized spacial score (nSPS) is 15.0. The zero-order valence-electron chi connectivity index (χ0n) is 18.2. The van der Waals surface area contributed by atoms with Crippen LogP contribution < -0.4 is 11.2 Å². The van der Waals surface area contributed by atoms with Gasteiger partial charge in [-0.25, -0.2) is 10.1 Å². The molecule has 2 aromatic heterocycles. The minimum atomic E-state index is -0.471. The number of amides is 1. The molecule has 3 N–H and O–H groups in total. The third-order valence-corrected chi connectivity index (χ3v) is 5.73. The Kier molecular flexibility index (Phi) is 6.55. The lowest BCUT2D eigenvalue weighted by atomic mass is 9.94. The van der Waals surface area contributed by atoms with Crippen LogP contribution in [-0.2, 0) is 6.54 Å². The average Bonchev–Trinajstić information content (AvgIpc) is 3.41. The second kappa shape index (κ2) is 9.69. The van der Waals surface area contributed by atoms with Crippen molar-refractivity contribution in [1.82, 2.24) is 35.6 Å². The van der Waals surface area contributed by atoms with Crippen molar-refractivity contribution >= 4 is 17.9 Å². The molecule has 2 heterocycles. The van der Waals surface area contributed by atoms with E-state index in [1.54, 1.807) is 6.21 Å². The molecule has 11 heteroatoms. The summed E-state index contributed by atoms with van der Waals surface area (Å²) in [6.45, 7) is 2.45. The van der Waals surface area contributed by atoms with Crippen molar-refractivity contribution in [3.8, 4) is 5.82 Å². The fourth-order valence-corrected chi connectivity index (χ4v) is 3.89. The van der Waals surface area contributed by atoms with Crippen LogP contribution in [-0.4, -0.2) is 55.4 Å². The highest BCUT2D eigenvalue weighted by Gasteiger charge is 2.27. The van der Waals surface area contributed by atoms with Crippen LogP contribution in [0.2, 0.25) is 0 Å². The monoisotopic (exact) mass is 437 g/mol. The van der Waals surface area contributed by atoms with E-state index in [0.29, 0.717) is 18.3 Å². The van der Waals surface area contributed by atoms with Crippen LogP contribution >= 0.6 is 0 Å². The van der Waals surface area contributed by atoms with Gasteiger partial charge < -0.3 is 5.73 Å². The summed E-state index contributed by atoms with van der Waals surface area (Å²) in [4.78, 5) is 15.1. The fourth-order valence-electron chi connectivity index (χ4n) is 3.89. The summed E-state index contributed by atoms with van der Waals surface area (Å²) in [5, 5.41) is 19.7. The molecular weight excluding hydrogens is 410 g/mol. The predicted octanol–water partition coefficient (Wildman–Crippen LogP) is 2.07. The molecule has 168 valence electrons. The van der Waals surface area contributed by atoms with Gasteiger partial charge in [0.25, 0.3) is 5.91 Å². The van der Waals surface area contributed by atoms with E-state index in [-0.39, 0.29) is 17.3 Å². The number of benzene rings is 1. The Labute approximate surface area is 185 Å². The van der Waals surface area contributed by atoms with E-state index in [4.69, 9.17) is 10.4 Å². The lowest BCUT2D eigenvalue weighted by Crippen LogP contribution is -2.34. The minimum Gasteiger partial charge on any atom is -0.378 e. The smallest absolute Gasteiger partial charge is 0.293 e. The summed E-state index contributed by atoms with van der Waals surface area (Å²) in [5.41, 5.74) is 11.1. The van der Waals surface area contributed by atoms with Gasteiger partial charge in [0.1, 0.15) is 0 Å². The number of nitrogen functional groups attached to an aromatic ring is 1. The van der Waals surface area contributed by atoms with Crippen molar-refractivity contribution in [2.75, 3.05) is 12.8 Å². The molecule has 1 fully saturated rings. The lowest BCUT2D eigenvalue weighted by molar-refractivity contribution is 0.0947. The molecule has 32 heavy (non-hydrogen) atoms. The van der Waals surface area contributed by atoms with Crippen LogP contribution in [0.3, 0.4) is 0 Å². The summed E-state index contributed by atoms with van der Waals surface area (Å²) in [7, 11) is 2.04. The van der Waals surface area contributed by atoms with Crippen molar-refractivity contribution in [3.05, 3.63) is 46.8 Å². The summed E-state index contributed by atoms with van der Waals surface area (Å²) >= 11 is 0. The highest BCUT2D eigenvalue weighted by Crippen LogP contribution is 2.24. The second-order valence-corrected chi connectivity index (χ2v) is 8.09. The maximum atomic E-state index is 12.9. The van der Waals surface area contributed by atoms with Gasteiger partial charge in [0.05, 0.1) is 11.9 Å². The van der Waals surface area contributed by atoms with Gasteiger partial charge in [-0.05, 0) is 42.7 Å². The molecular formula is C21H27N9O2. The Morgan fingerprint density at radius 2 is 2.03 bits per heavy atom. The standard InChI is InChI=1S/C21H27N9O2/c1-14-8-10-15(11-9-14)12-23-25-21(31)18-17(13-29(2)16-6-4-3-5-7-16)30(28-24-18)20-19(22)26-32-27-20/h8-12,16H,3-7,13H2,1-2H3,(H2,22,26)(H,25,31)/b23-12-. The summed E-state index contributed by atoms with van der Waals surface area (Å²) < 4.78 is 6.12. The molecule has 1 amide bonds. The number of carbonyl (C=O) groups is 1. The maximum Gasteiger partial charge on any atom is 0.293 e. The molecule has 1 aromatic carbocycles. The molecule has 0 spiro atoms. The number of nitrogens with one attached hydrogen (secondary N) is 1. The molecule has 4 rings (SSSR count). The van der Waals surface area contributed by atoms with E-state index in [0.717, 1.165) is 24.0 Å². The number of carbonyl (C=O) groups excluding carboxylic acids is 1. The first-order valence-corrected chi connectivity index (χ1v) is 10.7. The molecule has 11 nitrogen and oxygen atoms in total. The zero-order chi connectivity index (χ0) is 22.5. The van der Waals surface area contributed by atoms with Crippen LogP contribution in [0.15, 0.2) is 34.0 Å². The highest BCUT2D eigenvalue weighted by molar-refractivity contribution is 5.94. The predicted molar refractivity (Wildman–Crippen MR) is 118 cm³/mol. The van der Waals surface area contributed by atoms with E-state index in [1.807, 2.05) is 38.2 Å². The molecule has 1 aliphatic carbocycles.